The van der Waals surface area contributed by atoms with E-state index in [9.17, 15) is 9.90 Å². The number of phenolic OH excluding ortho intramolecular Hbond substituents is 1. The van der Waals surface area contributed by atoms with Gasteiger partial charge in [-0.05, 0) is 84.7 Å². The van der Waals surface area contributed by atoms with Crippen LogP contribution in [-0.2, 0) is 5.41 Å². The van der Waals surface area contributed by atoms with E-state index in [-0.39, 0.29) is 17.4 Å². The van der Waals surface area contributed by atoms with Crippen LogP contribution in [0, 0.1) is 11.8 Å². The Balaban J connectivity index is 1.49. The first kappa shape index (κ1) is 25.5. The topological polar surface area (TPSA) is 43.8 Å². The molecule has 0 spiro atoms. The Kier molecular flexibility index (Phi) is 7.39. The minimum Gasteiger partial charge on any atom is -0.508 e. The van der Waals surface area contributed by atoms with E-state index in [1.807, 2.05) is 36.4 Å². The van der Waals surface area contributed by atoms with Crippen LogP contribution in [0.15, 0.2) is 79.4 Å². The molecule has 1 heterocycles. The highest BCUT2D eigenvalue weighted by Crippen LogP contribution is 2.50. The minimum absolute atomic E-state index is 0.0434. The van der Waals surface area contributed by atoms with Gasteiger partial charge in [0.15, 0.2) is 0 Å². The predicted molar refractivity (Wildman–Crippen MR) is 152 cm³/mol. The molecule has 4 heteroatoms. The van der Waals surface area contributed by atoms with Crippen molar-refractivity contribution in [1.29, 1.82) is 0 Å². The van der Waals surface area contributed by atoms with Crippen LogP contribution in [-0.4, -0.2) is 53.0 Å². The number of piperidine rings is 1. The zero-order chi connectivity index (χ0) is 26.0. The van der Waals surface area contributed by atoms with E-state index in [2.05, 4.69) is 60.6 Å². The van der Waals surface area contributed by atoms with Crippen LogP contribution in [0.3, 0.4) is 0 Å². The second-order valence-electron chi connectivity index (χ2n) is 11.6. The summed E-state index contributed by atoms with van der Waals surface area (Å²) in [6.45, 7) is 12.1. The molecule has 3 aromatic rings. The smallest absolute Gasteiger partial charge is 0.254 e. The zero-order valence-corrected chi connectivity index (χ0v) is 22.3. The zero-order valence-electron chi connectivity index (χ0n) is 22.3. The van der Waals surface area contributed by atoms with Gasteiger partial charge in [0.25, 0.3) is 5.91 Å². The molecule has 1 saturated carbocycles. The molecule has 3 atom stereocenters. The van der Waals surface area contributed by atoms with Crippen LogP contribution in [0.25, 0.3) is 10.8 Å². The number of amides is 1. The average Bonchev–Trinajstić information content (AvgIpc) is 2.91. The lowest BCUT2D eigenvalue weighted by atomic mass is 9.57. The van der Waals surface area contributed by atoms with Gasteiger partial charge in [0.2, 0.25) is 0 Å². The standard InChI is InChI=1S/C33H40N2O2/c1-4-17-34-18-16-33(28-10-7-11-31(36)20-28)21-30(15-14-29(33)23-34)35(22-24(2)3)32(37)27-13-12-25-8-5-6-9-26(25)19-27/h4-13,19-20,24,29-30,36H,1,14-18,21-23H2,2-3H3/t29-,30+,33+/m1/s1. The number of nitrogens with zero attached hydrogens (tertiary/aromatic N) is 2. The molecule has 1 N–H and O–H groups in total. The van der Waals surface area contributed by atoms with Gasteiger partial charge < -0.3 is 10.0 Å². The third-order valence-electron chi connectivity index (χ3n) is 8.65. The third-order valence-corrected chi connectivity index (χ3v) is 8.65. The van der Waals surface area contributed by atoms with E-state index in [4.69, 9.17) is 0 Å². The van der Waals surface area contributed by atoms with Crippen molar-refractivity contribution in [2.24, 2.45) is 11.8 Å². The summed E-state index contributed by atoms with van der Waals surface area (Å²) >= 11 is 0. The summed E-state index contributed by atoms with van der Waals surface area (Å²) in [5.74, 6) is 1.34. The van der Waals surface area contributed by atoms with Gasteiger partial charge in [-0.2, -0.15) is 0 Å². The lowest BCUT2D eigenvalue weighted by Crippen LogP contribution is -2.57. The van der Waals surface area contributed by atoms with E-state index in [1.165, 1.54) is 5.56 Å². The maximum absolute atomic E-state index is 14.1. The molecule has 1 aliphatic heterocycles. The summed E-state index contributed by atoms with van der Waals surface area (Å²) in [4.78, 5) is 18.8. The highest BCUT2D eigenvalue weighted by molar-refractivity contribution is 5.98. The van der Waals surface area contributed by atoms with Crippen molar-refractivity contribution in [2.75, 3.05) is 26.2 Å². The van der Waals surface area contributed by atoms with Crippen molar-refractivity contribution in [3.05, 3.63) is 90.5 Å². The molecule has 1 aliphatic carbocycles. The van der Waals surface area contributed by atoms with Crippen molar-refractivity contribution < 1.29 is 9.90 Å². The van der Waals surface area contributed by atoms with Crippen LogP contribution in [0.4, 0.5) is 0 Å². The largest absolute Gasteiger partial charge is 0.508 e. The Morgan fingerprint density at radius 2 is 1.92 bits per heavy atom. The molecule has 0 unspecified atom stereocenters. The first-order valence-electron chi connectivity index (χ1n) is 13.8. The number of carbonyl (C=O) groups is 1. The number of aromatic hydroxyl groups is 1. The normalized spacial score (nSPS) is 24.1. The Morgan fingerprint density at radius 1 is 1.11 bits per heavy atom. The molecule has 0 aromatic heterocycles. The fourth-order valence-corrected chi connectivity index (χ4v) is 6.90. The Labute approximate surface area is 221 Å². The highest BCUT2D eigenvalue weighted by atomic mass is 16.3. The van der Waals surface area contributed by atoms with Crippen molar-refractivity contribution in [1.82, 2.24) is 9.80 Å². The van der Waals surface area contributed by atoms with Gasteiger partial charge in [-0.15, -0.1) is 6.58 Å². The Morgan fingerprint density at radius 3 is 2.68 bits per heavy atom. The van der Waals surface area contributed by atoms with Gasteiger partial charge in [-0.25, -0.2) is 0 Å². The van der Waals surface area contributed by atoms with Gasteiger partial charge in [-0.3, -0.25) is 9.69 Å². The second kappa shape index (κ2) is 10.7. The molecular formula is C33H40N2O2. The highest BCUT2D eigenvalue weighted by Gasteiger charge is 2.49. The summed E-state index contributed by atoms with van der Waals surface area (Å²) < 4.78 is 0. The molecule has 0 radical (unpaired) electrons. The molecule has 4 nitrogen and oxygen atoms in total. The number of benzene rings is 3. The van der Waals surface area contributed by atoms with E-state index in [1.54, 1.807) is 6.07 Å². The molecule has 0 bridgehead atoms. The molecule has 2 aliphatic rings. The maximum atomic E-state index is 14.1. The van der Waals surface area contributed by atoms with Crippen LogP contribution in [0.1, 0.15) is 55.5 Å². The van der Waals surface area contributed by atoms with E-state index < -0.39 is 0 Å². The van der Waals surface area contributed by atoms with Gasteiger partial charge in [-0.1, -0.05) is 62.4 Å². The summed E-state index contributed by atoms with van der Waals surface area (Å²) in [7, 11) is 0. The lowest BCUT2D eigenvalue weighted by molar-refractivity contribution is 0.0138. The van der Waals surface area contributed by atoms with Gasteiger partial charge in [0, 0.05) is 36.7 Å². The molecule has 1 amide bonds. The summed E-state index contributed by atoms with van der Waals surface area (Å²) in [5.41, 5.74) is 1.95. The van der Waals surface area contributed by atoms with Crippen LogP contribution in [0.2, 0.25) is 0 Å². The molecule has 3 aromatic carbocycles. The van der Waals surface area contributed by atoms with Crippen LogP contribution < -0.4 is 0 Å². The van der Waals surface area contributed by atoms with Gasteiger partial charge in [0.05, 0.1) is 0 Å². The summed E-state index contributed by atoms with van der Waals surface area (Å²) in [6, 6.07) is 22.4. The van der Waals surface area contributed by atoms with Crippen LogP contribution >= 0.6 is 0 Å². The third kappa shape index (κ3) is 5.17. The quantitative estimate of drug-likeness (QED) is 0.373. The van der Waals surface area contributed by atoms with Crippen molar-refractivity contribution >= 4 is 16.7 Å². The molecule has 194 valence electrons. The lowest BCUT2D eigenvalue weighted by Gasteiger charge is -2.54. The monoisotopic (exact) mass is 496 g/mol. The maximum Gasteiger partial charge on any atom is 0.254 e. The fourth-order valence-electron chi connectivity index (χ4n) is 6.90. The second-order valence-corrected chi connectivity index (χ2v) is 11.6. The number of likely N-dealkylation sites (tertiary alicyclic amines) is 1. The van der Waals surface area contributed by atoms with Crippen molar-refractivity contribution in [2.45, 2.75) is 51.0 Å². The number of hydrogen-bond acceptors (Lipinski definition) is 3. The molecule has 5 rings (SSSR count). The van der Waals surface area contributed by atoms with E-state index >= 15 is 0 Å². The number of rotatable bonds is 7. The van der Waals surface area contributed by atoms with Gasteiger partial charge >= 0.3 is 0 Å². The molecular weight excluding hydrogens is 456 g/mol. The molecule has 2 fully saturated rings. The van der Waals surface area contributed by atoms with Crippen molar-refractivity contribution in [3.63, 3.8) is 0 Å². The minimum atomic E-state index is -0.0434. The SMILES string of the molecule is C=CCN1CC[C@@]2(c3cccc(O)c3)C[C@@H](N(CC(C)C)C(=O)c3ccc4ccccc4c3)CC[C@@H]2C1. The molecule has 1 saturated heterocycles. The van der Waals surface area contributed by atoms with Crippen LogP contribution in [0.5, 0.6) is 5.75 Å². The number of phenols is 1. The number of hydrogen-bond donors (Lipinski definition) is 1. The van der Waals surface area contributed by atoms with Crippen molar-refractivity contribution in [3.8, 4) is 5.75 Å². The summed E-state index contributed by atoms with van der Waals surface area (Å²) in [6.07, 6.45) is 6.06. The van der Waals surface area contributed by atoms with Gasteiger partial charge in [0.1, 0.15) is 5.75 Å². The van der Waals surface area contributed by atoms with E-state index in [0.29, 0.717) is 17.6 Å². The Hall–Kier alpha value is -3.11. The number of carbonyl (C=O) groups excluding carboxylic acids is 1. The van der Waals surface area contributed by atoms with E-state index in [0.717, 1.165) is 68.2 Å². The average molecular weight is 497 g/mol. The predicted octanol–water partition coefficient (Wildman–Crippen LogP) is 6.64. The number of fused-ring (bicyclic) bond motifs is 2. The summed E-state index contributed by atoms with van der Waals surface area (Å²) in [5, 5.41) is 12.7. The fraction of sp³-hybridized carbons (Fsp3) is 0.424. The first-order valence-corrected chi connectivity index (χ1v) is 13.8. The Bertz CT molecular complexity index is 1270. The molecule has 37 heavy (non-hydrogen) atoms. The first-order chi connectivity index (χ1) is 17.9.